The lowest BCUT2D eigenvalue weighted by Crippen LogP contribution is -2.17. The Morgan fingerprint density at radius 3 is 2.66 bits per heavy atom. The molecule has 0 aliphatic rings. The van der Waals surface area contributed by atoms with Crippen LogP contribution in [0.3, 0.4) is 0 Å². The van der Waals surface area contributed by atoms with Gasteiger partial charge in [0.25, 0.3) is 0 Å². The molecule has 0 atom stereocenters. The molecule has 0 aliphatic heterocycles. The third kappa shape index (κ3) is 4.49. The van der Waals surface area contributed by atoms with E-state index >= 15 is 0 Å². The molecule has 2 aromatic heterocycles. The number of hydrogen-bond donors (Lipinski definition) is 2. The number of pyridine rings is 1. The first-order valence-electron chi connectivity index (χ1n) is 10.8. The van der Waals surface area contributed by atoms with Gasteiger partial charge < -0.3 is 10.6 Å². The predicted octanol–water partition coefficient (Wildman–Crippen LogP) is 6.85. The Morgan fingerprint density at radius 1 is 0.875 bits per heavy atom. The lowest BCUT2D eigenvalue weighted by Gasteiger charge is -2.10. The highest BCUT2D eigenvalue weighted by atomic mass is 32.1. The van der Waals surface area contributed by atoms with Crippen LogP contribution >= 0.6 is 11.3 Å². The topological polar surface area (TPSA) is 37.0 Å². The van der Waals surface area contributed by atoms with E-state index in [0.29, 0.717) is 0 Å². The van der Waals surface area contributed by atoms with Crippen molar-refractivity contribution in [3.63, 3.8) is 0 Å². The number of fused-ring (bicyclic) bond motifs is 2. The summed E-state index contributed by atoms with van der Waals surface area (Å²) in [7, 11) is 0. The Kier molecular flexibility index (Phi) is 6.10. The van der Waals surface area contributed by atoms with E-state index in [9.17, 15) is 4.39 Å². The molecule has 32 heavy (non-hydrogen) atoms. The molecule has 0 fully saturated rings. The molecule has 0 saturated carbocycles. The van der Waals surface area contributed by atoms with Gasteiger partial charge in [0.05, 0.1) is 5.52 Å². The van der Waals surface area contributed by atoms with Crippen molar-refractivity contribution < 1.29 is 4.39 Å². The monoisotopic (exact) mass is 441 g/mol. The molecule has 0 unspecified atom stereocenters. The molecule has 0 aliphatic carbocycles. The van der Waals surface area contributed by atoms with Crippen LogP contribution in [0.15, 0.2) is 84.4 Å². The molecule has 0 saturated heterocycles. The summed E-state index contributed by atoms with van der Waals surface area (Å²) < 4.78 is 14.8. The fraction of sp³-hybridized carbons (Fsp3) is 0.148. The summed E-state index contributed by atoms with van der Waals surface area (Å²) in [6, 6.07) is 23.8. The van der Waals surface area contributed by atoms with Gasteiger partial charge >= 0.3 is 0 Å². The van der Waals surface area contributed by atoms with Crippen molar-refractivity contribution in [3.05, 3.63) is 95.8 Å². The van der Waals surface area contributed by atoms with Crippen molar-refractivity contribution in [2.75, 3.05) is 18.4 Å². The van der Waals surface area contributed by atoms with Gasteiger partial charge in [-0.1, -0.05) is 42.5 Å². The first-order chi connectivity index (χ1) is 15.8. The summed E-state index contributed by atoms with van der Waals surface area (Å²) in [5.41, 5.74) is 5.61. The van der Waals surface area contributed by atoms with E-state index in [0.717, 1.165) is 63.9 Å². The molecule has 160 valence electrons. The van der Waals surface area contributed by atoms with Gasteiger partial charge in [-0.05, 0) is 59.8 Å². The zero-order chi connectivity index (χ0) is 21.8. The molecule has 2 N–H and O–H groups in total. The van der Waals surface area contributed by atoms with Gasteiger partial charge in [0.15, 0.2) is 0 Å². The molecule has 0 amide bonds. The summed E-state index contributed by atoms with van der Waals surface area (Å²) in [5.74, 6) is -0.190. The summed E-state index contributed by atoms with van der Waals surface area (Å²) in [5, 5.41) is 11.3. The summed E-state index contributed by atoms with van der Waals surface area (Å²) in [4.78, 5) is 4.41. The van der Waals surface area contributed by atoms with Gasteiger partial charge in [0.1, 0.15) is 5.82 Å². The Labute approximate surface area is 190 Å². The van der Waals surface area contributed by atoms with Crippen molar-refractivity contribution in [2.45, 2.75) is 13.0 Å². The molecule has 3 nitrogen and oxygen atoms in total. The van der Waals surface area contributed by atoms with Crippen LogP contribution in [-0.2, 0) is 6.54 Å². The summed E-state index contributed by atoms with van der Waals surface area (Å²) >= 11 is 1.65. The number of nitrogens with zero attached hydrogens (tertiary/aromatic N) is 1. The second kappa shape index (κ2) is 9.47. The van der Waals surface area contributed by atoms with Crippen molar-refractivity contribution in [2.24, 2.45) is 0 Å². The highest BCUT2D eigenvalue weighted by molar-refractivity contribution is 7.17. The van der Waals surface area contributed by atoms with Crippen LogP contribution in [-0.4, -0.2) is 18.1 Å². The number of rotatable bonds is 8. The number of para-hydroxylation sites is 1. The first kappa shape index (κ1) is 20.6. The average Bonchev–Trinajstić information content (AvgIpc) is 3.25. The molecule has 0 bridgehead atoms. The van der Waals surface area contributed by atoms with Crippen LogP contribution in [0, 0.1) is 5.82 Å². The average molecular weight is 442 g/mol. The van der Waals surface area contributed by atoms with Crippen molar-refractivity contribution in [1.29, 1.82) is 0 Å². The van der Waals surface area contributed by atoms with E-state index in [2.05, 4.69) is 51.3 Å². The molecule has 5 aromatic rings. The number of halogens is 1. The zero-order valence-corrected chi connectivity index (χ0v) is 18.5. The Balaban J connectivity index is 1.11. The van der Waals surface area contributed by atoms with E-state index in [4.69, 9.17) is 0 Å². The molecule has 5 heteroatoms. The van der Waals surface area contributed by atoms with Gasteiger partial charge in [0.2, 0.25) is 0 Å². The molecule has 3 aromatic carbocycles. The summed E-state index contributed by atoms with van der Waals surface area (Å²) in [6.45, 7) is 2.67. The third-order valence-electron chi connectivity index (χ3n) is 5.62. The normalized spacial score (nSPS) is 11.3. The van der Waals surface area contributed by atoms with Gasteiger partial charge in [0, 0.05) is 46.0 Å². The van der Waals surface area contributed by atoms with Gasteiger partial charge in [-0.15, -0.1) is 11.3 Å². The number of aromatic nitrogens is 1. The fourth-order valence-electron chi connectivity index (χ4n) is 3.95. The number of benzene rings is 3. The van der Waals surface area contributed by atoms with Crippen molar-refractivity contribution in [1.82, 2.24) is 10.3 Å². The lowest BCUT2D eigenvalue weighted by atomic mass is 10.0. The predicted molar refractivity (Wildman–Crippen MR) is 134 cm³/mol. The first-order valence-corrected chi connectivity index (χ1v) is 11.7. The van der Waals surface area contributed by atoms with Crippen LogP contribution in [0.5, 0.6) is 0 Å². The van der Waals surface area contributed by atoms with Crippen molar-refractivity contribution >= 4 is 38.0 Å². The number of thiophene rings is 1. The third-order valence-corrected chi connectivity index (χ3v) is 6.59. The van der Waals surface area contributed by atoms with Crippen LogP contribution in [0.25, 0.3) is 32.1 Å². The molecule has 2 heterocycles. The summed E-state index contributed by atoms with van der Waals surface area (Å²) in [6.07, 6.45) is 2.88. The highest BCUT2D eigenvalue weighted by Crippen LogP contribution is 2.34. The van der Waals surface area contributed by atoms with Crippen LogP contribution in [0.2, 0.25) is 0 Å². The second-order valence-corrected chi connectivity index (χ2v) is 8.73. The van der Waals surface area contributed by atoms with Crippen LogP contribution in [0.1, 0.15) is 12.0 Å². The maximum Gasteiger partial charge on any atom is 0.123 e. The van der Waals surface area contributed by atoms with Crippen LogP contribution < -0.4 is 10.6 Å². The minimum absolute atomic E-state index is 0.190. The Hall–Kier alpha value is -3.28. The van der Waals surface area contributed by atoms with Gasteiger partial charge in [-0.2, -0.15) is 0 Å². The van der Waals surface area contributed by atoms with Gasteiger partial charge in [-0.25, -0.2) is 4.39 Å². The molecule has 5 rings (SSSR count). The molecule has 0 spiro atoms. The van der Waals surface area contributed by atoms with E-state index in [1.807, 2.05) is 36.5 Å². The quantitative estimate of drug-likeness (QED) is 0.259. The van der Waals surface area contributed by atoms with E-state index < -0.39 is 0 Å². The Bertz CT molecular complexity index is 1340. The van der Waals surface area contributed by atoms with E-state index in [1.54, 1.807) is 17.4 Å². The highest BCUT2D eigenvalue weighted by Gasteiger charge is 2.07. The molecular formula is C27H24FN3S. The smallest absolute Gasteiger partial charge is 0.123 e. The largest absolute Gasteiger partial charge is 0.384 e. The standard InChI is InChI=1S/C27H24FN3S/c28-21-10-11-27-23(16-21)24(18-32-27)20-8-6-19(7-9-20)17-29-13-3-14-30-26-12-15-31-25-5-2-1-4-22(25)26/h1-2,4-12,15-16,18,29H,3,13-14,17H2,(H,30,31). The minimum Gasteiger partial charge on any atom is -0.384 e. The maximum absolute atomic E-state index is 13.7. The molecule has 0 radical (unpaired) electrons. The zero-order valence-electron chi connectivity index (χ0n) is 17.6. The minimum atomic E-state index is -0.190. The Morgan fingerprint density at radius 2 is 1.75 bits per heavy atom. The SMILES string of the molecule is Fc1ccc2scc(-c3ccc(CNCCCNc4ccnc5ccccc45)cc3)c2c1. The lowest BCUT2D eigenvalue weighted by molar-refractivity contribution is 0.630. The van der Waals surface area contributed by atoms with Gasteiger partial charge in [-0.3, -0.25) is 4.98 Å². The number of hydrogen-bond acceptors (Lipinski definition) is 4. The number of anilines is 1. The van der Waals surface area contributed by atoms with Crippen LogP contribution in [0.4, 0.5) is 10.1 Å². The van der Waals surface area contributed by atoms with E-state index in [1.165, 1.54) is 11.6 Å². The van der Waals surface area contributed by atoms with Crippen molar-refractivity contribution in [3.8, 4) is 11.1 Å². The second-order valence-electron chi connectivity index (χ2n) is 7.82. The maximum atomic E-state index is 13.7. The van der Waals surface area contributed by atoms with E-state index in [-0.39, 0.29) is 5.82 Å². The fourth-order valence-corrected chi connectivity index (χ4v) is 4.90. The number of nitrogens with one attached hydrogen (secondary N) is 2. The molecular weight excluding hydrogens is 417 g/mol.